The number of guanidine groups is 1. The minimum atomic E-state index is 0. The lowest BCUT2D eigenvalue weighted by molar-refractivity contribution is 0.317. The number of aliphatic imine (C=N–C) groups is 1. The number of nitrogens with one attached hydrogen (secondary N) is 2. The summed E-state index contributed by atoms with van der Waals surface area (Å²) in [5, 5.41) is 6.89. The van der Waals surface area contributed by atoms with E-state index in [1.165, 1.54) is 32.2 Å². The monoisotopic (exact) mass is 410 g/mol. The van der Waals surface area contributed by atoms with E-state index in [0.717, 1.165) is 25.0 Å². The van der Waals surface area contributed by atoms with Crippen molar-refractivity contribution >= 4 is 29.9 Å². The molecule has 1 heterocycles. The van der Waals surface area contributed by atoms with Gasteiger partial charge in [-0.05, 0) is 59.0 Å². The quantitative estimate of drug-likeness (QED) is 0.385. The number of hydrogen-bond donors (Lipinski definition) is 2. The topological polar surface area (TPSA) is 39.7 Å². The van der Waals surface area contributed by atoms with Gasteiger partial charge >= 0.3 is 0 Å². The Kier molecular flexibility index (Phi) is 11.5. The van der Waals surface area contributed by atoms with E-state index in [1.807, 2.05) is 0 Å². The lowest BCUT2D eigenvalue weighted by Gasteiger charge is -2.21. The maximum atomic E-state index is 4.77. The molecule has 1 fully saturated rings. The maximum Gasteiger partial charge on any atom is 0.191 e. The van der Waals surface area contributed by atoms with E-state index >= 15 is 0 Å². The van der Waals surface area contributed by atoms with Crippen LogP contribution in [0.2, 0.25) is 0 Å². The van der Waals surface area contributed by atoms with E-state index in [2.05, 4.69) is 50.3 Å². The third kappa shape index (κ3) is 8.86. The van der Waals surface area contributed by atoms with Crippen LogP contribution in [0.3, 0.4) is 0 Å². The first-order chi connectivity index (χ1) is 9.52. The summed E-state index contributed by atoms with van der Waals surface area (Å²) in [5.41, 5.74) is 0. The van der Waals surface area contributed by atoms with Gasteiger partial charge in [-0.3, -0.25) is 4.99 Å². The van der Waals surface area contributed by atoms with Crippen LogP contribution in [0.1, 0.15) is 53.4 Å². The molecule has 0 aromatic heterocycles. The second-order valence-corrected chi connectivity index (χ2v) is 6.51. The molecular weight excluding hydrogens is 375 g/mol. The number of likely N-dealkylation sites (N-methyl/N-ethyl adjacent to an activating group) is 1. The summed E-state index contributed by atoms with van der Waals surface area (Å²) in [5.74, 6) is 1.75. The van der Waals surface area contributed by atoms with Crippen molar-refractivity contribution in [2.24, 2.45) is 10.9 Å². The molecular formula is C16H35IN4. The van der Waals surface area contributed by atoms with Gasteiger partial charge in [0.15, 0.2) is 5.96 Å². The third-order valence-electron chi connectivity index (χ3n) is 4.04. The smallest absolute Gasteiger partial charge is 0.191 e. The van der Waals surface area contributed by atoms with Crippen molar-refractivity contribution in [3.8, 4) is 0 Å². The predicted octanol–water partition coefficient (Wildman–Crippen LogP) is 3.08. The van der Waals surface area contributed by atoms with Gasteiger partial charge in [0.25, 0.3) is 0 Å². The molecule has 0 bridgehead atoms. The number of rotatable bonds is 7. The van der Waals surface area contributed by atoms with E-state index in [1.54, 1.807) is 0 Å². The second kappa shape index (κ2) is 11.5. The summed E-state index contributed by atoms with van der Waals surface area (Å²) in [6.07, 6.45) is 5.05. The highest BCUT2D eigenvalue weighted by molar-refractivity contribution is 14.0. The Morgan fingerprint density at radius 3 is 2.52 bits per heavy atom. The van der Waals surface area contributed by atoms with Crippen molar-refractivity contribution in [1.82, 2.24) is 15.5 Å². The molecule has 0 spiro atoms. The van der Waals surface area contributed by atoms with E-state index in [9.17, 15) is 0 Å². The first-order valence-corrected chi connectivity index (χ1v) is 8.28. The van der Waals surface area contributed by atoms with E-state index in [-0.39, 0.29) is 24.0 Å². The zero-order chi connectivity index (χ0) is 15.0. The summed E-state index contributed by atoms with van der Waals surface area (Å²) in [6, 6.07) is 1.10. The minimum Gasteiger partial charge on any atom is -0.357 e. The Morgan fingerprint density at radius 1 is 1.29 bits per heavy atom. The van der Waals surface area contributed by atoms with Crippen LogP contribution >= 0.6 is 24.0 Å². The van der Waals surface area contributed by atoms with Crippen molar-refractivity contribution < 1.29 is 0 Å². The van der Waals surface area contributed by atoms with Gasteiger partial charge in [0.2, 0.25) is 0 Å². The van der Waals surface area contributed by atoms with Gasteiger partial charge in [0.1, 0.15) is 0 Å². The van der Waals surface area contributed by atoms with Crippen molar-refractivity contribution in [3.05, 3.63) is 0 Å². The van der Waals surface area contributed by atoms with Crippen LogP contribution in [-0.2, 0) is 0 Å². The lowest BCUT2D eigenvalue weighted by atomic mass is 10.0. The molecule has 126 valence electrons. The Bertz CT molecular complexity index is 294. The average molecular weight is 410 g/mol. The molecule has 0 aliphatic carbocycles. The Morgan fingerprint density at radius 2 is 2.00 bits per heavy atom. The van der Waals surface area contributed by atoms with E-state index < -0.39 is 0 Å². The average Bonchev–Trinajstić information content (AvgIpc) is 2.79. The molecule has 0 amide bonds. The van der Waals surface area contributed by atoms with Gasteiger partial charge in [-0.1, -0.05) is 13.8 Å². The van der Waals surface area contributed by atoms with E-state index in [4.69, 9.17) is 4.99 Å². The highest BCUT2D eigenvalue weighted by atomic mass is 127. The number of halogens is 1. The standard InChI is InChI=1S/C16H34N4.HI/c1-6-17-16(19-14(4)10-9-13(2)3)18-12-15-8-7-11-20(15)5;/h13-15H,6-12H2,1-5H3,(H2,17,18,19);1H. The Labute approximate surface area is 148 Å². The molecule has 4 nitrogen and oxygen atoms in total. The van der Waals surface area contributed by atoms with Crippen molar-refractivity contribution in [2.45, 2.75) is 65.5 Å². The summed E-state index contributed by atoms with van der Waals surface area (Å²) in [7, 11) is 2.21. The first-order valence-electron chi connectivity index (χ1n) is 8.28. The molecule has 2 N–H and O–H groups in total. The number of nitrogens with zero attached hydrogens (tertiary/aromatic N) is 2. The van der Waals surface area contributed by atoms with Gasteiger partial charge < -0.3 is 15.5 Å². The molecule has 1 aliphatic heterocycles. The molecule has 5 heteroatoms. The van der Waals surface area contributed by atoms with E-state index in [0.29, 0.717) is 12.1 Å². The van der Waals surface area contributed by atoms with Crippen molar-refractivity contribution in [2.75, 3.05) is 26.7 Å². The SMILES string of the molecule is CCNC(=NCC1CCCN1C)NC(C)CCC(C)C.I. The van der Waals surface area contributed by atoms with Gasteiger partial charge in [-0.15, -0.1) is 24.0 Å². The third-order valence-corrected chi connectivity index (χ3v) is 4.04. The largest absolute Gasteiger partial charge is 0.357 e. The zero-order valence-electron chi connectivity index (χ0n) is 14.5. The summed E-state index contributed by atoms with van der Waals surface area (Å²) < 4.78 is 0. The van der Waals surface area contributed by atoms with Crippen molar-refractivity contribution in [3.63, 3.8) is 0 Å². The molecule has 1 rings (SSSR count). The second-order valence-electron chi connectivity index (χ2n) is 6.51. The predicted molar refractivity (Wildman–Crippen MR) is 104 cm³/mol. The lowest BCUT2D eigenvalue weighted by Crippen LogP contribution is -2.43. The molecule has 0 radical (unpaired) electrons. The Balaban J connectivity index is 0.00000400. The van der Waals surface area contributed by atoms with Gasteiger partial charge in [0, 0.05) is 18.6 Å². The molecule has 0 aromatic carbocycles. The number of hydrogen-bond acceptors (Lipinski definition) is 2. The fraction of sp³-hybridized carbons (Fsp3) is 0.938. The van der Waals surface area contributed by atoms with Crippen LogP contribution in [0, 0.1) is 5.92 Å². The molecule has 2 unspecified atom stereocenters. The molecule has 2 atom stereocenters. The van der Waals surface area contributed by atoms with Crippen LogP contribution < -0.4 is 10.6 Å². The zero-order valence-corrected chi connectivity index (χ0v) is 16.8. The highest BCUT2D eigenvalue weighted by Gasteiger charge is 2.20. The van der Waals surface area contributed by atoms with Gasteiger partial charge in [-0.2, -0.15) is 0 Å². The molecule has 1 aliphatic rings. The summed E-state index contributed by atoms with van der Waals surface area (Å²) in [6.45, 7) is 12.0. The molecule has 0 saturated carbocycles. The van der Waals surface area contributed by atoms with Crippen LogP contribution in [0.15, 0.2) is 4.99 Å². The maximum absolute atomic E-state index is 4.77. The number of likely N-dealkylation sites (tertiary alicyclic amines) is 1. The molecule has 0 aromatic rings. The fourth-order valence-electron chi connectivity index (χ4n) is 2.62. The Hall–Kier alpha value is -0.0400. The minimum absolute atomic E-state index is 0. The summed E-state index contributed by atoms with van der Waals surface area (Å²) in [4.78, 5) is 7.19. The fourth-order valence-corrected chi connectivity index (χ4v) is 2.62. The first kappa shape index (κ1) is 21.0. The van der Waals surface area contributed by atoms with Crippen LogP contribution in [0.5, 0.6) is 0 Å². The molecule has 1 saturated heterocycles. The van der Waals surface area contributed by atoms with Crippen molar-refractivity contribution in [1.29, 1.82) is 0 Å². The normalized spacial score (nSPS) is 21.2. The van der Waals surface area contributed by atoms with Crippen LogP contribution in [0.25, 0.3) is 0 Å². The highest BCUT2D eigenvalue weighted by Crippen LogP contribution is 2.14. The van der Waals surface area contributed by atoms with Gasteiger partial charge in [-0.25, -0.2) is 0 Å². The van der Waals surface area contributed by atoms with Crippen LogP contribution in [0.4, 0.5) is 0 Å². The van der Waals surface area contributed by atoms with Gasteiger partial charge in [0.05, 0.1) is 6.54 Å². The summed E-state index contributed by atoms with van der Waals surface area (Å²) >= 11 is 0. The molecule has 21 heavy (non-hydrogen) atoms. The van der Waals surface area contributed by atoms with Crippen LogP contribution in [-0.4, -0.2) is 49.6 Å².